The van der Waals surface area contributed by atoms with Crippen molar-refractivity contribution in [3.8, 4) is 11.3 Å². The van der Waals surface area contributed by atoms with Gasteiger partial charge in [0.2, 0.25) is 0 Å². The number of methoxy groups -OCH3 is 1. The molecule has 0 aliphatic rings. The molecular weight excluding hydrogens is 253 g/mol. The summed E-state index contributed by atoms with van der Waals surface area (Å²) in [4.78, 5) is 23.1. The van der Waals surface area contributed by atoms with Crippen LogP contribution in [0.15, 0.2) is 29.1 Å². The number of nitrogen functional groups attached to an aromatic ring is 1. The summed E-state index contributed by atoms with van der Waals surface area (Å²) in [6.07, 6.45) is 0. The van der Waals surface area contributed by atoms with Gasteiger partial charge >= 0.3 is 5.97 Å². The van der Waals surface area contributed by atoms with E-state index < -0.39 is 17.3 Å². The van der Waals surface area contributed by atoms with E-state index in [0.29, 0.717) is 5.56 Å². The minimum Gasteiger partial charge on any atom is -0.465 e. The number of rotatable bonds is 2. The Balaban J connectivity index is 2.74. The lowest BCUT2D eigenvalue weighted by Gasteiger charge is -2.08. The summed E-state index contributed by atoms with van der Waals surface area (Å²) in [5.74, 6) is -1.31. The van der Waals surface area contributed by atoms with Crippen LogP contribution in [0.4, 0.5) is 10.1 Å². The smallest absolute Gasteiger partial charge is 0.342 e. The Morgan fingerprint density at radius 3 is 2.84 bits per heavy atom. The number of carbonyl (C=O) groups is 1. The van der Waals surface area contributed by atoms with Crippen molar-refractivity contribution in [3.05, 3.63) is 46.0 Å². The van der Waals surface area contributed by atoms with Gasteiger partial charge in [0, 0.05) is 5.56 Å². The molecule has 0 aliphatic heterocycles. The predicted octanol–water partition coefficient (Wildman–Crippen LogP) is 0.945. The van der Waals surface area contributed by atoms with Crippen LogP contribution in [0.1, 0.15) is 10.4 Å². The highest BCUT2D eigenvalue weighted by Gasteiger charge is 2.21. The van der Waals surface area contributed by atoms with Gasteiger partial charge in [0.1, 0.15) is 22.8 Å². The van der Waals surface area contributed by atoms with Crippen molar-refractivity contribution in [2.75, 3.05) is 12.8 Å². The van der Waals surface area contributed by atoms with Gasteiger partial charge in [0.25, 0.3) is 5.56 Å². The first kappa shape index (κ1) is 12.7. The first-order valence-corrected chi connectivity index (χ1v) is 5.27. The van der Waals surface area contributed by atoms with E-state index in [9.17, 15) is 14.0 Å². The number of benzene rings is 1. The number of halogens is 1. The molecule has 0 fully saturated rings. The van der Waals surface area contributed by atoms with E-state index >= 15 is 0 Å². The van der Waals surface area contributed by atoms with Crippen LogP contribution in [0.2, 0.25) is 0 Å². The molecule has 98 valence electrons. The van der Waals surface area contributed by atoms with Crippen molar-refractivity contribution < 1.29 is 13.9 Å². The van der Waals surface area contributed by atoms with Gasteiger partial charge < -0.3 is 10.5 Å². The molecule has 2 rings (SSSR count). The van der Waals surface area contributed by atoms with Gasteiger partial charge in [-0.05, 0) is 12.1 Å². The number of hydrogen-bond acceptors (Lipinski definition) is 5. The van der Waals surface area contributed by atoms with Gasteiger partial charge in [-0.1, -0.05) is 12.1 Å². The Bertz CT molecular complexity index is 697. The Morgan fingerprint density at radius 2 is 2.21 bits per heavy atom. The number of H-pyrrole nitrogens is 1. The van der Waals surface area contributed by atoms with Crippen LogP contribution >= 0.6 is 0 Å². The van der Waals surface area contributed by atoms with Crippen LogP contribution in [-0.4, -0.2) is 23.3 Å². The summed E-state index contributed by atoms with van der Waals surface area (Å²) in [5.41, 5.74) is 4.71. The first-order chi connectivity index (χ1) is 9.04. The zero-order chi connectivity index (χ0) is 14.0. The molecule has 3 N–H and O–H groups in total. The van der Waals surface area contributed by atoms with Crippen molar-refractivity contribution >= 4 is 11.7 Å². The molecule has 0 unspecified atom stereocenters. The lowest BCUT2D eigenvalue weighted by Crippen LogP contribution is -2.21. The van der Waals surface area contributed by atoms with E-state index in [1.54, 1.807) is 0 Å². The van der Waals surface area contributed by atoms with E-state index in [2.05, 4.69) is 14.9 Å². The lowest BCUT2D eigenvalue weighted by molar-refractivity contribution is 0.0602. The number of nitrogens with two attached hydrogens (primary N) is 1. The number of aromatic nitrogens is 2. The molecule has 0 spiro atoms. The fourth-order valence-corrected chi connectivity index (χ4v) is 1.62. The molecule has 2 aromatic rings. The quantitative estimate of drug-likeness (QED) is 0.786. The molecule has 0 atom stereocenters. The van der Waals surface area contributed by atoms with Gasteiger partial charge in [-0.15, -0.1) is 0 Å². The lowest BCUT2D eigenvalue weighted by atomic mass is 10.1. The summed E-state index contributed by atoms with van der Waals surface area (Å²) < 4.78 is 17.8. The van der Waals surface area contributed by atoms with Crippen LogP contribution in [0.3, 0.4) is 0 Å². The van der Waals surface area contributed by atoms with Crippen LogP contribution in [0.5, 0.6) is 0 Å². The maximum absolute atomic E-state index is 13.2. The second-order valence-electron chi connectivity index (χ2n) is 3.69. The summed E-state index contributed by atoms with van der Waals surface area (Å²) in [7, 11) is 1.15. The molecule has 0 bridgehead atoms. The maximum Gasteiger partial charge on any atom is 0.342 e. The number of esters is 1. The molecule has 7 heteroatoms. The molecule has 0 saturated heterocycles. The Morgan fingerprint density at radius 1 is 1.47 bits per heavy atom. The van der Waals surface area contributed by atoms with Crippen molar-refractivity contribution in [1.29, 1.82) is 0 Å². The fraction of sp³-hybridized carbons (Fsp3) is 0.0833. The van der Waals surface area contributed by atoms with Gasteiger partial charge in [-0.2, -0.15) is 5.10 Å². The second kappa shape index (κ2) is 4.89. The molecular formula is C12H10FN3O3. The third-order valence-corrected chi connectivity index (χ3v) is 2.51. The first-order valence-electron chi connectivity index (χ1n) is 5.27. The highest BCUT2D eigenvalue weighted by Crippen LogP contribution is 2.24. The number of nitrogens with one attached hydrogen (secondary N) is 1. The average Bonchev–Trinajstić information content (AvgIpc) is 2.40. The molecule has 1 aromatic carbocycles. The molecule has 0 aliphatic carbocycles. The predicted molar refractivity (Wildman–Crippen MR) is 66.0 cm³/mol. The molecule has 19 heavy (non-hydrogen) atoms. The average molecular weight is 263 g/mol. The monoisotopic (exact) mass is 263 g/mol. The van der Waals surface area contributed by atoms with E-state index in [-0.39, 0.29) is 16.9 Å². The van der Waals surface area contributed by atoms with Crippen LogP contribution < -0.4 is 11.3 Å². The van der Waals surface area contributed by atoms with Gasteiger partial charge in [-0.3, -0.25) is 4.79 Å². The molecule has 1 aromatic heterocycles. The molecule has 0 amide bonds. The summed E-state index contributed by atoms with van der Waals surface area (Å²) >= 11 is 0. The number of anilines is 1. The van der Waals surface area contributed by atoms with Crippen molar-refractivity contribution in [1.82, 2.24) is 10.2 Å². The summed E-state index contributed by atoms with van der Waals surface area (Å²) in [5, 5.41) is 5.88. The minimum absolute atomic E-state index is 0.0588. The SMILES string of the molecule is COC(=O)c1c(-c2cccc(F)c2)n[nH]c(=O)c1N. The normalized spacial score (nSPS) is 10.2. The molecule has 1 heterocycles. The zero-order valence-electron chi connectivity index (χ0n) is 9.94. The largest absolute Gasteiger partial charge is 0.465 e. The van der Waals surface area contributed by atoms with Gasteiger partial charge in [-0.25, -0.2) is 14.3 Å². The summed E-state index contributed by atoms with van der Waals surface area (Å²) in [6, 6.07) is 5.41. The van der Waals surface area contributed by atoms with Crippen molar-refractivity contribution in [2.45, 2.75) is 0 Å². The highest BCUT2D eigenvalue weighted by atomic mass is 19.1. The fourth-order valence-electron chi connectivity index (χ4n) is 1.62. The number of hydrogen-bond donors (Lipinski definition) is 2. The molecule has 6 nitrogen and oxygen atoms in total. The molecule has 0 radical (unpaired) electrons. The van der Waals surface area contributed by atoms with Crippen molar-refractivity contribution in [2.24, 2.45) is 0 Å². The van der Waals surface area contributed by atoms with E-state index in [1.165, 1.54) is 24.3 Å². The van der Waals surface area contributed by atoms with Gasteiger partial charge in [0.15, 0.2) is 0 Å². The Hall–Kier alpha value is -2.70. The van der Waals surface area contributed by atoms with E-state index in [0.717, 1.165) is 7.11 Å². The van der Waals surface area contributed by atoms with Crippen LogP contribution in [0.25, 0.3) is 11.3 Å². The minimum atomic E-state index is -0.810. The Kier molecular flexibility index (Phi) is 3.28. The third-order valence-electron chi connectivity index (χ3n) is 2.51. The third kappa shape index (κ3) is 2.30. The van der Waals surface area contributed by atoms with Crippen LogP contribution in [0, 0.1) is 5.82 Å². The van der Waals surface area contributed by atoms with E-state index in [4.69, 9.17) is 5.73 Å². The topological polar surface area (TPSA) is 98.1 Å². The second-order valence-corrected chi connectivity index (χ2v) is 3.69. The zero-order valence-corrected chi connectivity index (χ0v) is 9.94. The van der Waals surface area contributed by atoms with Gasteiger partial charge in [0.05, 0.1) is 7.11 Å². The number of carbonyl (C=O) groups excluding carboxylic acids is 1. The van der Waals surface area contributed by atoms with Crippen molar-refractivity contribution in [3.63, 3.8) is 0 Å². The molecule has 0 saturated carbocycles. The standard InChI is InChI=1S/C12H10FN3O3/c1-19-12(18)8-9(14)11(17)16-15-10(8)6-3-2-4-7(13)5-6/h2-5H,1H3,(H2,14,15)(H,16,17). The number of aromatic amines is 1. The van der Waals surface area contributed by atoms with Crippen LogP contribution in [-0.2, 0) is 4.74 Å². The summed E-state index contributed by atoms with van der Waals surface area (Å²) in [6.45, 7) is 0. The maximum atomic E-state index is 13.2. The number of ether oxygens (including phenoxy) is 1. The van der Waals surface area contributed by atoms with E-state index in [1.807, 2.05) is 0 Å². The number of nitrogens with zero attached hydrogens (tertiary/aromatic N) is 1. The Labute approximate surface area is 107 Å². The highest BCUT2D eigenvalue weighted by molar-refractivity contribution is 6.00.